The van der Waals surface area contributed by atoms with Crippen molar-refractivity contribution in [2.24, 2.45) is 0 Å². The highest BCUT2D eigenvalue weighted by atomic mass is 19.1. The number of carbonyl (C=O) groups excluding carboxylic acids is 1. The average Bonchev–Trinajstić information content (AvgIpc) is 3.31. The first-order valence-electron chi connectivity index (χ1n) is 6.96. The topological polar surface area (TPSA) is 54.0 Å². The Bertz CT molecular complexity index is 621. The van der Waals surface area contributed by atoms with Crippen LogP contribution in [-0.4, -0.2) is 16.9 Å². The fourth-order valence-electron chi connectivity index (χ4n) is 1.96. The quantitative estimate of drug-likeness (QED) is 0.888. The number of benzene rings is 1. The molecule has 2 N–H and O–H groups in total. The van der Waals surface area contributed by atoms with E-state index in [-0.39, 0.29) is 11.6 Å². The molecule has 1 aliphatic carbocycles. The van der Waals surface area contributed by atoms with Crippen LogP contribution in [0.4, 0.5) is 10.1 Å². The Morgan fingerprint density at radius 1 is 1.19 bits per heavy atom. The van der Waals surface area contributed by atoms with Gasteiger partial charge in [-0.15, -0.1) is 0 Å². The number of nitrogens with one attached hydrogen (secondary N) is 2. The molecule has 1 fully saturated rings. The molecule has 2 aromatic rings. The highest BCUT2D eigenvalue weighted by Crippen LogP contribution is 2.19. The Labute approximate surface area is 122 Å². The summed E-state index contributed by atoms with van der Waals surface area (Å²) in [5.74, 6) is -0.807. The maximum atomic E-state index is 12.8. The van der Waals surface area contributed by atoms with Gasteiger partial charge in [0.05, 0.1) is 6.20 Å². The number of nitrogens with zero attached hydrogens (tertiary/aromatic N) is 1. The number of halogens is 1. The second-order valence-corrected chi connectivity index (χ2v) is 5.17. The van der Waals surface area contributed by atoms with Crippen molar-refractivity contribution in [3.8, 4) is 0 Å². The van der Waals surface area contributed by atoms with Crippen molar-refractivity contribution in [3.63, 3.8) is 0 Å². The minimum atomic E-state index is -0.459. The van der Waals surface area contributed by atoms with Crippen LogP contribution in [0.1, 0.15) is 28.9 Å². The molecule has 5 heteroatoms. The zero-order chi connectivity index (χ0) is 14.7. The lowest BCUT2D eigenvalue weighted by atomic mass is 10.2. The Hall–Kier alpha value is -2.27. The molecule has 0 unspecified atom stereocenters. The van der Waals surface area contributed by atoms with E-state index in [0.717, 1.165) is 12.7 Å². The predicted octanol–water partition coefficient (Wildman–Crippen LogP) is 2.73. The molecule has 1 aliphatic rings. The minimum Gasteiger partial charge on any atom is -0.321 e. The molecule has 0 saturated heterocycles. The predicted molar refractivity (Wildman–Crippen MR) is 78.5 cm³/mol. The summed E-state index contributed by atoms with van der Waals surface area (Å²) in [6.07, 6.45) is 3.55. The van der Waals surface area contributed by atoms with Crippen LogP contribution in [0, 0.1) is 5.82 Å². The Kier molecular flexibility index (Phi) is 3.92. The highest BCUT2D eigenvalue weighted by Gasteiger charge is 2.19. The van der Waals surface area contributed by atoms with Crippen molar-refractivity contribution in [1.82, 2.24) is 10.3 Å². The molecule has 1 saturated carbocycles. The first-order chi connectivity index (χ1) is 10.2. The van der Waals surface area contributed by atoms with E-state index in [0.29, 0.717) is 11.7 Å². The Morgan fingerprint density at radius 3 is 2.57 bits per heavy atom. The van der Waals surface area contributed by atoms with Gasteiger partial charge in [0.15, 0.2) is 0 Å². The molecule has 0 radical (unpaired) electrons. The summed E-state index contributed by atoms with van der Waals surface area (Å²) in [5.41, 5.74) is 2.07. The standard InChI is InChI=1S/C16H16FN3O/c17-12-3-8-15(19-10-12)16(21)20-14-4-1-11(2-5-14)9-18-13-6-7-13/h1-5,8,10,13,18H,6-7,9H2,(H,20,21). The zero-order valence-corrected chi connectivity index (χ0v) is 11.5. The first kappa shape index (κ1) is 13.7. The van der Waals surface area contributed by atoms with Gasteiger partial charge < -0.3 is 10.6 Å². The molecular weight excluding hydrogens is 269 g/mol. The molecule has 1 aromatic carbocycles. The van der Waals surface area contributed by atoms with Crippen molar-refractivity contribution in [1.29, 1.82) is 0 Å². The van der Waals surface area contributed by atoms with E-state index in [2.05, 4.69) is 15.6 Å². The van der Waals surface area contributed by atoms with Crippen molar-refractivity contribution in [2.45, 2.75) is 25.4 Å². The van der Waals surface area contributed by atoms with Gasteiger partial charge in [0.2, 0.25) is 0 Å². The van der Waals surface area contributed by atoms with E-state index in [9.17, 15) is 9.18 Å². The maximum Gasteiger partial charge on any atom is 0.274 e. The third kappa shape index (κ3) is 3.86. The molecule has 0 bridgehead atoms. The van der Waals surface area contributed by atoms with E-state index in [4.69, 9.17) is 0 Å². The van der Waals surface area contributed by atoms with Crippen LogP contribution in [0.5, 0.6) is 0 Å². The second-order valence-electron chi connectivity index (χ2n) is 5.17. The van der Waals surface area contributed by atoms with E-state index >= 15 is 0 Å². The van der Waals surface area contributed by atoms with Gasteiger partial charge in [-0.1, -0.05) is 12.1 Å². The SMILES string of the molecule is O=C(Nc1ccc(CNC2CC2)cc1)c1ccc(F)cn1. The maximum absolute atomic E-state index is 12.8. The molecule has 1 heterocycles. The summed E-state index contributed by atoms with van der Waals surface area (Å²) >= 11 is 0. The van der Waals surface area contributed by atoms with Gasteiger partial charge in [-0.25, -0.2) is 9.37 Å². The van der Waals surface area contributed by atoms with Crippen LogP contribution in [-0.2, 0) is 6.54 Å². The summed E-state index contributed by atoms with van der Waals surface area (Å²) in [7, 11) is 0. The summed E-state index contributed by atoms with van der Waals surface area (Å²) in [5, 5.41) is 6.17. The first-order valence-corrected chi connectivity index (χ1v) is 6.96. The fraction of sp³-hybridized carbons (Fsp3) is 0.250. The smallest absolute Gasteiger partial charge is 0.274 e. The molecule has 0 atom stereocenters. The summed E-state index contributed by atoms with van der Waals surface area (Å²) in [4.78, 5) is 15.7. The number of rotatable bonds is 5. The number of amides is 1. The lowest BCUT2D eigenvalue weighted by Crippen LogP contribution is -2.15. The number of hydrogen-bond acceptors (Lipinski definition) is 3. The number of aromatic nitrogens is 1. The van der Waals surface area contributed by atoms with Crippen molar-refractivity contribution < 1.29 is 9.18 Å². The van der Waals surface area contributed by atoms with Crippen LogP contribution < -0.4 is 10.6 Å². The van der Waals surface area contributed by atoms with E-state index in [1.807, 2.05) is 24.3 Å². The monoisotopic (exact) mass is 285 g/mol. The van der Waals surface area contributed by atoms with E-state index in [1.165, 1.54) is 30.5 Å². The molecule has 1 amide bonds. The lowest BCUT2D eigenvalue weighted by molar-refractivity contribution is 0.102. The molecule has 21 heavy (non-hydrogen) atoms. The number of anilines is 1. The molecular formula is C16H16FN3O. The van der Waals surface area contributed by atoms with E-state index < -0.39 is 5.82 Å². The van der Waals surface area contributed by atoms with Crippen LogP contribution in [0.3, 0.4) is 0 Å². The summed E-state index contributed by atoms with van der Waals surface area (Å²) < 4.78 is 12.8. The molecule has 4 nitrogen and oxygen atoms in total. The molecule has 108 valence electrons. The number of pyridine rings is 1. The Morgan fingerprint density at radius 2 is 1.95 bits per heavy atom. The molecule has 1 aromatic heterocycles. The molecule has 3 rings (SSSR count). The van der Waals surface area contributed by atoms with Crippen molar-refractivity contribution >= 4 is 11.6 Å². The van der Waals surface area contributed by atoms with Crippen LogP contribution >= 0.6 is 0 Å². The normalized spacial score (nSPS) is 14.0. The molecule has 0 spiro atoms. The minimum absolute atomic E-state index is 0.191. The zero-order valence-electron chi connectivity index (χ0n) is 11.5. The van der Waals surface area contributed by atoms with Crippen LogP contribution in [0.15, 0.2) is 42.6 Å². The van der Waals surface area contributed by atoms with Gasteiger partial charge in [0.1, 0.15) is 11.5 Å². The van der Waals surface area contributed by atoms with E-state index in [1.54, 1.807) is 0 Å². The fourth-order valence-corrected chi connectivity index (χ4v) is 1.96. The van der Waals surface area contributed by atoms with Gasteiger partial charge in [-0.05, 0) is 42.7 Å². The van der Waals surface area contributed by atoms with Gasteiger partial charge in [-0.3, -0.25) is 4.79 Å². The van der Waals surface area contributed by atoms with Gasteiger partial charge in [-0.2, -0.15) is 0 Å². The van der Waals surface area contributed by atoms with Crippen molar-refractivity contribution in [2.75, 3.05) is 5.32 Å². The van der Waals surface area contributed by atoms with Crippen LogP contribution in [0.25, 0.3) is 0 Å². The largest absolute Gasteiger partial charge is 0.321 e. The van der Waals surface area contributed by atoms with Gasteiger partial charge in [0.25, 0.3) is 5.91 Å². The highest BCUT2D eigenvalue weighted by molar-refractivity contribution is 6.02. The second kappa shape index (κ2) is 6.01. The third-order valence-electron chi connectivity index (χ3n) is 3.34. The van der Waals surface area contributed by atoms with Gasteiger partial charge in [0, 0.05) is 18.3 Å². The summed E-state index contributed by atoms with van der Waals surface area (Å²) in [6, 6.07) is 10.9. The Balaban J connectivity index is 1.58. The summed E-state index contributed by atoms with van der Waals surface area (Å²) in [6.45, 7) is 0.846. The van der Waals surface area contributed by atoms with Crippen molar-refractivity contribution in [3.05, 3.63) is 59.7 Å². The third-order valence-corrected chi connectivity index (χ3v) is 3.34. The number of hydrogen-bond donors (Lipinski definition) is 2. The van der Waals surface area contributed by atoms with Crippen LogP contribution in [0.2, 0.25) is 0 Å². The molecule has 0 aliphatic heterocycles. The van der Waals surface area contributed by atoms with Gasteiger partial charge >= 0.3 is 0 Å². The number of carbonyl (C=O) groups is 1. The average molecular weight is 285 g/mol. The lowest BCUT2D eigenvalue weighted by Gasteiger charge is -2.07.